The quantitative estimate of drug-likeness (QED) is 0.497. The van der Waals surface area contributed by atoms with Gasteiger partial charge in [-0.1, -0.05) is 0 Å². The average molecular weight is 406 g/mol. The third-order valence-corrected chi connectivity index (χ3v) is 5.36. The number of methoxy groups -OCH3 is 2. The molecule has 2 aliphatic heterocycles. The lowest BCUT2D eigenvalue weighted by atomic mass is 10.2. The van der Waals surface area contributed by atoms with Crippen LogP contribution in [0.25, 0.3) is 0 Å². The number of nitrogens with zero attached hydrogens (tertiary/aromatic N) is 3. The number of hydrogen-bond acceptors (Lipinski definition) is 6. The largest absolute Gasteiger partial charge is 0.497 e. The first-order valence-electron chi connectivity index (χ1n) is 10.5. The minimum Gasteiger partial charge on any atom is -0.497 e. The van der Waals surface area contributed by atoms with E-state index in [2.05, 4.69) is 39.5 Å². The summed E-state index contributed by atoms with van der Waals surface area (Å²) in [6, 6.07) is 6.38. The molecule has 8 nitrogen and oxygen atoms in total. The van der Waals surface area contributed by atoms with E-state index < -0.39 is 0 Å². The minimum absolute atomic E-state index is 0.355. The van der Waals surface area contributed by atoms with E-state index in [1.807, 2.05) is 6.07 Å². The van der Waals surface area contributed by atoms with Crippen LogP contribution in [0.2, 0.25) is 0 Å². The summed E-state index contributed by atoms with van der Waals surface area (Å²) in [5, 5.41) is 6.98. The number of rotatable bonds is 8. The van der Waals surface area contributed by atoms with E-state index in [-0.39, 0.29) is 0 Å². The first-order chi connectivity index (χ1) is 14.2. The molecule has 0 radical (unpaired) electrons. The van der Waals surface area contributed by atoms with Gasteiger partial charge in [-0.2, -0.15) is 0 Å². The molecule has 0 spiro atoms. The maximum Gasteiger partial charge on any atom is 0.191 e. The molecule has 1 unspecified atom stereocenters. The van der Waals surface area contributed by atoms with Gasteiger partial charge in [-0.05, 0) is 13.3 Å². The topological polar surface area (TPSA) is 70.6 Å². The number of anilines is 1. The zero-order valence-electron chi connectivity index (χ0n) is 17.9. The number of ether oxygens (including phenoxy) is 3. The van der Waals surface area contributed by atoms with Gasteiger partial charge in [0, 0.05) is 69.2 Å². The summed E-state index contributed by atoms with van der Waals surface area (Å²) in [7, 11) is 3.37. The van der Waals surface area contributed by atoms with Crippen molar-refractivity contribution in [1.29, 1.82) is 0 Å². The van der Waals surface area contributed by atoms with Crippen molar-refractivity contribution in [1.82, 2.24) is 15.5 Å². The van der Waals surface area contributed by atoms with Gasteiger partial charge in [0.2, 0.25) is 0 Å². The Kier molecular flexibility index (Phi) is 8.25. The molecule has 1 atom stereocenters. The van der Waals surface area contributed by atoms with Crippen molar-refractivity contribution in [3.05, 3.63) is 18.2 Å². The highest BCUT2D eigenvalue weighted by molar-refractivity contribution is 5.80. The van der Waals surface area contributed by atoms with Crippen LogP contribution in [0.1, 0.15) is 13.3 Å². The zero-order valence-corrected chi connectivity index (χ0v) is 17.9. The Bertz CT molecular complexity index is 641. The summed E-state index contributed by atoms with van der Waals surface area (Å²) in [5.74, 6) is 2.53. The van der Waals surface area contributed by atoms with Crippen molar-refractivity contribution in [3.8, 4) is 11.5 Å². The molecule has 0 bridgehead atoms. The van der Waals surface area contributed by atoms with Gasteiger partial charge in [-0.15, -0.1) is 0 Å². The van der Waals surface area contributed by atoms with Crippen LogP contribution >= 0.6 is 0 Å². The van der Waals surface area contributed by atoms with Gasteiger partial charge in [0.25, 0.3) is 0 Å². The van der Waals surface area contributed by atoms with Crippen LogP contribution in [-0.4, -0.2) is 90.1 Å². The fourth-order valence-electron chi connectivity index (χ4n) is 3.73. The number of benzene rings is 1. The molecule has 1 aromatic rings. The van der Waals surface area contributed by atoms with Crippen molar-refractivity contribution in [2.24, 2.45) is 4.99 Å². The van der Waals surface area contributed by atoms with Crippen LogP contribution in [0.5, 0.6) is 11.5 Å². The summed E-state index contributed by atoms with van der Waals surface area (Å²) < 4.78 is 16.2. The molecule has 2 heterocycles. The standard InChI is InChI=1S/C21H35N5O3/c1-4-22-21(23-6-8-25-9-11-29-12-10-25)24-17-5-7-26(16-17)18-13-19(27-2)15-20(14-18)28-3/h13-15,17H,4-12,16H2,1-3H3,(H2,22,23,24). The average Bonchev–Trinajstić information content (AvgIpc) is 3.23. The third-order valence-electron chi connectivity index (χ3n) is 5.36. The van der Waals surface area contributed by atoms with Gasteiger partial charge in [0.15, 0.2) is 5.96 Å². The molecule has 0 amide bonds. The number of morpholine rings is 1. The van der Waals surface area contributed by atoms with Crippen molar-refractivity contribution in [2.75, 3.05) is 78.1 Å². The molecular weight excluding hydrogens is 370 g/mol. The zero-order chi connectivity index (χ0) is 20.5. The maximum absolute atomic E-state index is 5.41. The van der Waals surface area contributed by atoms with E-state index in [4.69, 9.17) is 19.2 Å². The molecule has 2 saturated heterocycles. The third kappa shape index (κ3) is 6.40. The number of nitrogens with one attached hydrogen (secondary N) is 2. The summed E-state index contributed by atoms with van der Waals surface area (Å²) in [6.07, 6.45) is 1.06. The molecule has 0 aliphatic carbocycles. The number of hydrogen-bond donors (Lipinski definition) is 2. The number of aliphatic imine (C=N–C) groups is 1. The minimum atomic E-state index is 0.355. The molecule has 3 rings (SSSR count). The molecular formula is C21H35N5O3. The lowest BCUT2D eigenvalue weighted by molar-refractivity contribution is 0.0394. The van der Waals surface area contributed by atoms with E-state index in [1.54, 1.807) is 14.2 Å². The molecule has 0 aromatic heterocycles. The predicted octanol–water partition coefficient (Wildman–Crippen LogP) is 1.17. The van der Waals surface area contributed by atoms with E-state index in [1.165, 1.54) is 0 Å². The summed E-state index contributed by atoms with van der Waals surface area (Å²) in [5.41, 5.74) is 1.12. The van der Waals surface area contributed by atoms with Gasteiger partial charge in [0.05, 0.1) is 34.0 Å². The van der Waals surface area contributed by atoms with E-state index >= 15 is 0 Å². The summed E-state index contributed by atoms with van der Waals surface area (Å²) in [6.45, 7) is 10.3. The molecule has 1 aromatic carbocycles. The Morgan fingerprint density at radius 3 is 2.52 bits per heavy atom. The first-order valence-corrected chi connectivity index (χ1v) is 10.5. The Balaban J connectivity index is 1.54. The summed E-state index contributed by atoms with van der Waals surface area (Å²) >= 11 is 0. The van der Waals surface area contributed by atoms with Crippen molar-refractivity contribution in [3.63, 3.8) is 0 Å². The van der Waals surface area contributed by atoms with Gasteiger partial charge in [0.1, 0.15) is 11.5 Å². The highest BCUT2D eigenvalue weighted by Gasteiger charge is 2.24. The van der Waals surface area contributed by atoms with Gasteiger partial charge < -0.3 is 29.7 Å². The van der Waals surface area contributed by atoms with Crippen LogP contribution in [0.15, 0.2) is 23.2 Å². The lowest BCUT2D eigenvalue weighted by Crippen LogP contribution is -2.45. The van der Waals surface area contributed by atoms with E-state index in [0.29, 0.717) is 6.04 Å². The van der Waals surface area contributed by atoms with Gasteiger partial charge in [-0.3, -0.25) is 9.89 Å². The molecule has 8 heteroatoms. The highest BCUT2D eigenvalue weighted by Crippen LogP contribution is 2.30. The predicted molar refractivity (Wildman–Crippen MR) is 117 cm³/mol. The number of guanidine groups is 1. The molecule has 2 fully saturated rings. The monoisotopic (exact) mass is 405 g/mol. The van der Waals surface area contributed by atoms with E-state index in [0.717, 1.165) is 88.6 Å². The van der Waals surface area contributed by atoms with Crippen LogP contribution in [0.3, 0.4) is 0 Å². The van der Waals surface area contributed by atoms with Crippen LogP contribution in [0, 0.1) is 0 Å². The van der Waals surface area contributed by atoms with Crippen LogP contribution < -0.4 is 25.0 Å². The van der Waals surface area contributed by atoms with Crippen LogP contribution in [-0.2, 0) is 4.74 Å². The van der Waals surface area contributed by atoms with Crippen molar-refractivity contribution >= 4 is 11.6 Å². The Hall–Kier alpha value is -2.19. The fourth-order valence-corrected chi connectivity index (χ4v) is 3.73. The molecule has 2 aliphatic rings. The smallest absolute Gasteiger partial charge is 0.191 e. The Morgan fingerprint density at radius 1 is 1.14 bits per heavy atom. The fraction of sp³-hybridized carbons (Fsp3) is 0.667. The first kappa shape index (κ1) is 21.5. The van der Waals surface area contributed by atoms with E-state index in [9.17, 15) is 0 Å². The summed E-state index contributed by atoms with van der Waals surface area (Å²) in [4.78, 5) is 9.54. The second-order valence-corrected chi connectivity index (χ2v) is 7.36. The second kappa shape index (κ2) is 11.1. The Morgan fingerprint density at radius 2 is 1.86 bits per heavy atom. The molecule has 2 N–H and O–H groups in total. The van der Waals surface area contributed by atoms with Gasteiger partial charge >= 0.3 is 0 Å². The van der Waals surface area contributed by atoms with Crippen LogP contribution in [0.4, 0.5) is 5.69 Å². The molecule has 162 valence electrons. The SMILES string of the molecule is CCNC(=NCCN1CCOCC1)NC1CCN(c2cc(OC)cc(OC)c2)C1. The molecule has 0 saturated carbocycles. The normalized spacial score (nSPS) is 20.6. The lowest BCUT2D eigenvalue weighted by Gasteiger charge is -2.26. The Labute approximate surface area is 174 Å². The van der Waals surface area contributed by atoms with Gasteiger partial charge in [-0.25, -0.2) is 0 Å². The van der Waals surface area contributed by atoms with Crippen molar-refractivity contribution in [2.45, 2.75) is 19.4 Å². The maximum atomic E-state index is 5.41. The second-order valence-electron chi connectivity index (χ2n) is 7.36. The highest BCUT2D eigenvalue weighted by atomic mass is 16.5. The van der Waals surface area contributed by atoms with Crippen molar-refractivity contribution < 1.29 is 14.2 Å². The molecule has 29 heavy (non-hydrogen) atoms.